The van der Waals surface area contributed by atoms with Gasteiger partial charge in [-0.1, -0.05) is 0 Å². The molecule has 10 nitrogen and oxygen atoms in total. The maximum atomic E-state index is 11.2. The van der Waals surface area contributed by atoms with Gasteiger partial charge in [-0.05, 0) is 51.3 Å². The average Bonchev–Trinajstić information content (AvgIpc) is 2.57. The molecule has 0 aliphatic rings. The average molecular weight is 417 g/mol. The molecule has 0 saturated heterocycles. The normalized spacial score (nSPS) is 11.5. The molecule has 28 heavy (non-hydrogen) atoms. The number of alkyl carbamates (subject to hydrolysis) is 1. The van der Waals surface area contributed by atoms with Gasteiger partial charge in [-0.3, -0.25) is 10.1 Å². The van der Waals surface area contributed by atoms with Gasteiger partial charge in [0.2, 0.25) is 0 Å². The Morgan fingerprint density at radius 3 is 2.29 bits per heavy atom. The molecule has 5 N–H and O–H groups in total. The SMILES string of the molecule is CSCCC(N)CNC(=O)OC(C)(C)C.NC(=O)Oc1ccc([N+](=O)[O-])cc1. The first kappa shape index (κ1) is 25.5. The van der Waals surface area contributed by atoms with Gasteiger partial charge in [-0.15, -0.1) is 0 Å². The highest BCUT2D eigenvalue weighted by Crippen LogP contribution is 2.16. The molecule has 0 radical (unpaired) electrons. The van der Waals surface area contributed by atoms with Crippen molar-refractivity contribution < 1.29 is 24.0 Å². The maximum Gasteiger partial charge on any atom is 0.409 e. The fourth-order valence-electron chi connectivity index (χ4n) is 1.65. The van der Waals surface area contributed by atoms with Gasteiger partial charge in [-0.25, -0.2) is 9.59 Å². The lowest BCUT2D eigenvalue weighted by Crippen LogP contribution is -2.40. The van der Waals surface area contributed by atoms with E-state index in [1.807, 2.05) is 27.0 Å². The van der Waals surface area contributed by atoms with Crippen molar-refractivity contribution >= 4 is 29.6 Å². The van der Waals surface area contributed by atoms with Crippen LogP contribution in [0.1, 0.15) is 27.2 Å². The number of nitro groups is 1. The molecule has 0 saturated carbocycles. The van der Waals surface area contributed by atoms with Crippen molar-refractivity contribution in [1.82, 2.24) is 5.32 Å². The highest BCUT2D eigenvalue weighted by atomic mass is 32.2. The number of nitrogens with one attached hydrogen (secondary N) is 1. The first-order valence-corrected chi connectivity index (χ1v) is 9.77. The van der Waals surface area contributed by atoms with Crippen molar-refractivity contribution in [1.29, 1.82) is 0 Å². The summed E-state index contributed by atoms with van der Waals surface area (Å²) in [7, 11) is 0. The molecule has 2 amide bonds. The summed E-state index contributed by atoms with van der Waals surface area (Å²) < 4.78 is 9.55. The number of nitrogens with two attached hydrogens (primary N) is 2. The fourth-order valence-corrected chi connectivity index (χ4v) is 2.19. The van der Waals surface area contributed by atoms with E-state index in [1.54, 1.807) is 11.8 Å². The molecule has 0 heterocycles. The molecule has 0 bridgehead atoms. The standard InChI is InChI=1S/C10H22N2O2S.C7H6N2O4/c1-10(2,3)14-9(13)12-7-8(11)5-6-15-4;8-7(10)13-6-3-1-5(2-4-6)9(11)12/h8H,5-7,11H2,1-4H3,(H,12,13);1-4H,(H2,8,10). The summed E-state index contributed by atoms with van der Waals surface area (Å²) in [5.74, 6) is 1.19. The molecule has 158 valence electrons. The molecule has 0 fully saturated rings. The van der Waals surface area contributed by atoms with Crippen LogP contribution in [0.3, 0.4) is 0 Å². The fraction of sp³-hybridized carbons (Fsp3) is 0.529. The van der Waals surface area contributed by atoms with E-state index in [2.05, 4.69) is 10.1 Å². The van der Waals surface area contributed by atoms with Crippen molar-refractivity contribution in [3.8, 4) is 5.75 Å². The van der Waals surface area contributed by atoms with E-state index in [1.165, 1.54) is 24.3 Å². The van der Waals surface area contributed by atoms with Crippen LogP contribution in [0.15, 0.2) is 24.3 Å². The van der Waals surface area contributed by atoms with Gasteiger partial charge in [0.15, 0.2) is 0 Å². The number of hydrogen-bond donors (Lipinski definition) is 3. The van der Waals surface area contributed by atoms with Crippen LogP contribution in [0.5, 0.6) is 5.75 Å². The topological polar surface area (TPSA) is 160 Å². The third kappa shape index (κ3) is 13.6. The Kier molecular flexibility index (Phi) is 11.6. The summed E-state index contributed by atoms with van der Waals surface area (Å²) in [4.78, 5) is 31.2. The number of non-ortho nitro benzene ring substituents is 1. The van der Waals surface area contributed by atoms with Gasteiger partial charge in [0.25, 0.3) is 5.69 Å². The zero-order valence-electron chi connectivity index (χ0n) is 16.5. The first-order valence-electron chi connectivity index (χ1n) is 8.37. The Hall–Kier alpha value is -2.53. The van der Waals surface area contributed by atoms with Crippen molar-refractivity contribution in [2.24, 2.45) is 11.5 Å². The number of primary amides is 1. The van der Waals surface area contributed by atoms with Crippen LogP contribution in [0, 0.1) is 10.1 Å². The third-order valence-corrected chi connectivity index (χ3v) is 3.51. The summed E-state index contributed by atoms with van der Waals surface area (Å²) in [5, 5.41) is 12.9. The number of nitro benzene ring substituents is 1. The predicted molar refractivity (Wildman–Crippen MR) is 109 cm³/mol. The second-order valence-corrected chi connectivity index (χ2v) is 7.58. The van der Waals surface area contributed by atoms with Crippen molar-refractivity contribution in [2.45, 2.75) is 38.8 Å². The molecule has 0 spiro atoms. The van der Waals surface area contributed by atoms with E-state index in [-0.39, 0.29) is 17.5 Å². The lowest BCUT2D eigenvalue weighted by Gasteiger charge is -2.20. The molecular formula is C17H28N4O6S. The van der Waals surface area contributed by atoms with E-state index in [0.29, 0.717) is 6.54 Å². The highest BCUT2D eigenvalue weighted by Gasteiger charge is 2.16. The lowest BCUT2D eigenvalue weighted by molar-refractivity contribution is -0.384. The van der Waals surface area contributed by atoms with E-state index < -0.39 is 22.7 Å². The number of carbonyl (C=O) groups is 2. The van der Waals surface area contributed by atoms with Crippen LogP contribution in [0.2, 0.25) is 0 Å². The molecule has 1 aromatic rings. The van der Waals surface area contributed by atoms with E-state index in [4.69, 9.17) is 16.2 Å². The predicted octanol–water partition coefficient (Wildman–Crippen LogP) is 2.64. The van der Waals surface area contributed by atoms with Gasteiger partial charge in [0.05, 0.1) is 4.92 Å². The number of rotatable bonds is 7. The Balaban J connectivity index is 0.000000525. The number of amides is 2. The maximum absolute atomic E-state index is 11.2. The van der Waals surface area contributed by atoms with Crippen molar-refractivity contribution in [3.05, 3.63) is 34.4 Å². The molecule has 0 aliphatic carbocycles. The molecule has 0 aliphatic heterocycles. The van der Waals surface area contributed by atoms with Crippen LogP contribution in [0.25, 0.3) is 0 Å². The number of benzene rings is 1. The minimum absolute atomic E-state index is 0.00460. The Morgan fingerprint density at radius 2 is 1.86 bits per heavy atom. The summed E-state index contributed by atoms with van der Waals surface area (Å²) in [6, 6.07) is 5.03. The number of nitrogens with zero attached hydrogens (tertiary/aromatic N) is 1. The third-order valence-electron chi connectivity index (χ3n) is 2.87. The first-order chi connectivity index (χ1) is 12.9. The second kappa shape index (κ2) is 12.8. The number of ether oxygens (including phenoxy) is 2. The zero-order valence-corrected chi connectivity index (χ0v) is 17.3. The zero-order chi connectivity index (χ0) is 21.7. The Labute approximate surface area is 168 Å². The summed E-state index contributed by atoms with van der Waals surface area (Å²) in [6.45, 7) is 5.97. The molecule has 0 aromatic heterocycles. The Bertz CT molecular complexity index is 634. The van der Waals surface area contributed by atoms with Crippen LogP contribution < -0.4 is 21.5 Å². The minimum atomic E-state index is -0.950. The van der Waals surface area contributed by atoms with Gasteiger partial charge >= 0.3 is 12.2 Å². The largest absolute Gasteiger partial charge is 0.444 e. The van der Waals surface area contributed by atoms with E-state index >= 15 is 0 Å². The van der Waals surface area contributed by atoms with Gasteiger partial charge < -0.3 is 26.3 Å². The van der Waals surface area contributed by atoms with Gasteiger partial charge in [0, 0.05) is 24.7 Å². The monoisotopic (exact) mass is 416 g/mol. The quantitative estimate of drug-likeness (QED) is 0.451. The highest BCUT2D eigenvalue weighted by molar-refractivity contribution is 7.98. The number of carbonyl (C=O) groups excluding carboxylic acids is 2. The molecule has 1 atom stereocenters. The molecular weight excluding hydrogens is 388 g/mol. The smallest absolute Gasteiger partial charge is 0.409 e. The van der Waals surface area contributed by atoms with Crippen molar-refractivity contribution in [3.63, 3.8) is 0 Å². The van der Waals surface area contributed by atoms with Crippen molar-refractivity contribution in [2.75, 3.05) is 18.6 Å². The minimum Gasteiger partial charge on any atom is -0.444 e. The van der Waals surface area contributed by atoms with E-state index in [9.17, 15) is 19.7 Å². The molecule has 1 unspecified atom stereocenters. The van der Waals surface area contributed by atoms with Crippen LogP contribution in [0.4, 0.5) is 15.3 Å². The van der Waals surface area contributed by atoms with Crippen LogP contribution >= 0.6 is 11.8 Å². The summed E-state index contributed by atoms with van der Waals surface area (Å²) in [5.41, 5.74) is 9.99. The van der Waals surface area contributed by atoms with Gasteiger partial charge in [-0.2, -0.15) is 11.8 Å². The Morgan fingerprint density at radius 1 is 1.29 bits per heavy atom. The molecule has 1 rings (SSSR count). The second-order valence-electron chi connectivity index (χ2n) is 6.60. The summed E-state index contributed by atoms with van der Waals surface area (Å²) >= 11 is 1.75. The van der Waals surface area contributed by atoms with E-state index in [0.717, 1.165) is 12.2 Å². The van der Waals surface area contributed by atoms with Crippen LogP contribution in [-0.2, 0) is 4.74 Å². The number of thioether (sulfide) groups is 1. The number of hydrogen-bond acceptors (Lipinski definition) is 8. The summed E-state index contributed by atoms with van der Waals surface area (Å²) in [6.07, 6.45) is 1.58. The lowest BCUT2D eigenvalue weighted by atomic mass is 10.2. The van der Waals surface area contributed by atoms with Gasteiger partial charge in [0.1, 0.15) is 11.4 Å². The van der Waals surface area contributed by atoms with Crippen LogP contribution in [-0.4, -0.2) is 47.3 Å². The molecule has 1 aromatic carbocycles. The molecule has 11 heteroatoms.